The van der Waals surface area contributed by atoms with E-state index in [1.807, 2.05) is 85.8 Å². The summed E-state index contributed by atoms with van der Waals surface area (Å²) in [7, 11) is 0. The fraction of sp³-hybridized carbons (Fsp3) is 0.250. The number of rotatable bonds is 12. The smallest absolute Gasteiger partial charge is 0.335 e. The Morgan fingerprint density at radius 1 is 0.842 bits per heavy atom. The van der Waals surface area contributed by atoms with Gasteiger partial charge in [-0.3, -0.25) is 4.79 Å². The lowest BCUT2D eigenvalue weighted by molar-refractivity contribution is -0.156. The van der Waals surface area contributed by atoms with E-state index in [-0.39, 0.29) is 11.8 Å². The molecular weight excluding hydrogens is 496 g/mol. The van der Waals surface area contributed by atoms with Gasteiger partial charge in [0.25, 0.3) is 0 Å². The molecule has 6 heteroatoms. The summed E-state index contributed by atoms with van der Waals surface area (Å²) >= 11 is 1.69. The van der Waals surface area contributed by atoms with Crippen LogP contribution in [-0.4, -0.2) is 31.1 Å². The van der Waals surface area contributed by atoms with Gasteiger partial charge in [0.2, 0.25) is 0 Å². The van der Waals surface area contributed by atoms with E-state index >= 15 is 0 Å². The van der Waals surface area contributed by atoms with Crippen LogP contribution >= 0.6 is 11.3 Å². The number of aryl methyl sites for hydroxylation is 1. The zero-order valence-electron chi connectivity index (χ0n) is 21.9. The molecular formula is C32H32O5S. The molecule has 0 spiro atoms. The van der Waals surface area contributed by atoms with Gasteiger partial charge in [0.05, 0.1) is 6.61 Å². The van der Waals surface area contributed by atoms with Gasteiger partial charge in [0.15, 0.2) is 11.9 Å². The summed E-state index contributed by atoms with van der Waals surface area (Å²) in [5.74, 6) is 0.445. The van der Waals surface area contributed by atoms with Crippen LogP contribution in [0.4, 0.5) is 0 Å². The van der Waals surface area contributed by atoms with E-state index in [9.17, 15) is 9.59 Å². The number of benzene rings is 3. The molecule has 5 nitrogen and oxygen atoms in total. The average molecular weight is 529 g/mol. The molecule has 0 bridgehead atoms. The van der Waals surface area contributed by atoms with Gasteiger partial charge >= 0.3 is 5.97 Å². The Morgan fingerprint density at radius 3 is 2.18 bits per heavy atom. The number of carbonyl (C=O) groups excluding carboxylic acids is 2. The Morgan fingerprint density at radius 2 is 1.53 bits per heavy atom. The summed E-state index contributed by atoms with van der Waals surface area (Å²) in [6.07, 6.45) is -0.153. The third-order valence-corrected chi connectivity index (χ3v) is 7.38. The molecule has 4 aromatic rings. The quantitative estimate of drug-likeness (QED) is 0.146. The Kier molecular flexibility index (Phi) is 9.46. The van der Waals surface area contributed by atoms with E-state index in [4.69, 9.17) is 14.2 Å². The van der Waals surface area contributed by atoms with E-state index in [0.717, 1.165) is 26.6 Å². The maximum absolute atomic E-state index is 12.7. The normalized spacial score (nSPS) is 11.7. The predicted octanol–water partition coefficient (Wildman–Crippen LogP) is 7.04. The first-order valence-corrected chi connectivity index (χ1v) is 13.6. The first-order chi connectivity index (χ1) is 18.5. The third-order valence-electron chi connectivity index (χ3n) is 6.12. The van der Waals surface area contributed by atoms with Crippen LogP contribution in [0.15, 0.2) is 84.9 Å². The maximum Gasteiger partial charge on any atom is 0.335 e. The topological polar surface area (TPSA) is 61.8 Å². The lowest BCUT2D eigenvalue weighted by Crippen LogP contribution is -2.28. The molecule has 0 saturated heterocycles. The van der Waals surface area contributed by atoms with Gasteiger partial charge in [-0.2, -0.15) is 0 Å². The van der Waals surface area contributed by atoms with Crippen molar-refractivity contribution in [3.8, 4) is 16.2 Å². The fourth-order valence-electron chi connectivity index (χ4n) is 4.08. The molecule has 0 aliphatic heterocycles. The number of ketones is 1. The molecule has 38 heavy (non-hydrogen) atoms. The molecule has 1 heterocycles. The van der Waals surface area contributed by atoms with Crippen LogP contribution < -0.4 is 4.74 Å². The van der Waals surface area contributed by atoms with Crippen molar-refractivity contribution in [3.63, 3.8) is 0 Å². The molecule has 3 aromatic carbocycles. The molecule has 1 aromatic heterocycles. The van der Waals surface area contributed by atoms with Crippen LogP contribution in [0, 0.1) is 6.92 Å². The summed E-state index contributed by atoms with van der Waals surface area (Å²) in [5, 5.41) is 0. The maximum atomic E-state index is 12.7. The minimum Gasteiger partial charge on any atom is -0.488 e. The minimum atomic E-state index is -0.607. The van der Waals surface area contributed by atoms with Crippen LogP contribution in [0.2, 0.25) is 0 Å². The van der Waals surface area contributed by atoms with Gasteiger partial charge in [-0.1, -0.05) is 66.7 Å². The zero-order chi connectivity index (χ0) is 26.9. The SMILES string of the molecule is CCOC(=O)C(Cc1ccc(OCc2sc(-c3ccc(C(=O)c4ccccc4)cc3)cc2C)cc1)OCC. The van der Waals surface area contributed by atoms with E-state index in [0.29, 0.717) is 37.4 Å². The number of ether oxygens (including phenoxy) is 3. The fourth-order valence-corrected chi connectivity index (χ4v) is 5.17. The second kappa shape index (κ2) is 13.2. The molecule has 0 fully saturated rings. The van der Waals surface area contributed by atoms with Crippen molar-refractivity contribution < 1.29 is 23.8 Å². The number of carbonyl (C=O) groups is 2. The molecule has 1 unspecified atom stereocenters. The third kappa shape index (κ3) is 6.97. The summed E-state index contributed by atoms with van der Waals surface area (Å²) in [6, 6.07) is 27.0. The van der Waals surface area contributed by atoms with Gasteiger partial charge in [-0.15, -0.1) is 11.3 Å². The zero-order valence-corrected chi connectivity index (χ0v) is 22.8. The number of hydrogen-bond acceptors (Lipinski definition) is 6. The molecule has 1 atom stereocenters. The van der Waals surface area contributed by atoms with Crippen LogP contribution in [0.1, 0.15) is 45.8 Å². The van der Waals surface area contributed by atoms with Crippen LogP contribution in [0.3, 0.4) is 0 Å². The Labute approximate surface area is 228 Å². The summed E-state index contributed by atoms with van der Waals surface area (Å²) in [6.45, 7) is 6.98. The molecule has 0 amide bonds. The van der Waals surface area contributed by atoms with Crippen molar-refractivity contribution in [3.05, 3.63) is 112 Å². The van der Waals surface area contributed by atoms with Crippen LogP contribution in [0.25, 0.3) is 10.4 Å². The first kappa shape index (κ1) is 27.3. The highest BCUT2D eigenvalue weighted by Gasteiger charge is 2.20. The highest BCUT2D eigenvalue weighted by Crippen LogP contribution is 2.32. The second-order valence-electron chi connectivity index (χ2n) is 8.82. The van der Waals surface area contributed by atoms with E-state index < -0.39 is 6.10 Å². The van der Waals surface area contributed by atoms with Gasteiger partial charge in [-0.05, 0) is 55.7 Å². The van der Waals surface area contributed by atoms with Crippen molar-refractivity contribution in [1.29, 1.82) is 0 Å². The second-order valence-corrected chi connectivity index (χ2v) is 9.96. The first-order valence-electron chi connectivity index (χ1n) is 12.8. The molecule has 0 aliphatic rings. The van der Waals surface area contributed by atoms with Gasteiger partial charge in [0, 0.05) is 33.9 Å². The Bertz CT molecular complexity index is 1340. The van der Waals surface area contributed by atoms with Crippen molar-refractivity contribution in [2.75, 3.05) is 13.2 Å². The molecule has 0 aliphatic carbocycles. The lowest BCUT2D eigenvalue weighted by Gasteiger charge is -2.15. The summed E-state index contributed by atoms with van der Waals surface area (Å²) < 4.78 is 16.7. The monoisotopic (exact) mass is 528 g/mol. The van der Waals surface area contributed by atoms with Crippen LogP contribution in [0.5, 0.6) is 5.75 Å². The van der Waals surface area contributed by atoms with Gasteiger partial charge in [0.1, 0.15) is 12.4 Å². The number of thiophene rings is 1. The largest absolute Gasteiger partial charge is 0.488 e. The lowest BCUT2D eigenvalue weighted by atomic mass is 10.0. The molecule has 0 N–H and O–H groups in total. The van der Waals surface area contributed by atoms with Crippen molar-refractivity contribution >= 4 is 23.1 Å². The molecule has 4 rings (SSSR count). The van der Waals surface area contributed by atoms with Gasteiger partial charge < -0.3 is 14.2 Å². The van der Waals surface area contributed by atoms with Crippen LogP contribution in [-0.2, 0) is 27.3 Å². The number of esters is 1. The highest BCUT2D eigenvalue weighted by atomic mass is 32.1. The van der Waals surface area contributed by atoms with E-state index in [2.05, 4.69) is 13.0 Å². The molecule has 0 saturated carbocycles. The van der Waals surface area contributed by atoms with Gasteiger partial charge in [-0.25, -0.2) is 4.79 Å². The predicted molar refractivity (Wildman–Crippen MR) is 151 cm³/mol. The van der Waals surface area contributed by atoms with Crippen molar-refractivity contribution in [2.45, 2.75) is 39.9 Å². The molecule has 196 valence electrons. The van der Waals surface area contributed by atoms with Crippen molar-refractivity contribution in [2.24, 2.45) is 0 Å². The Hall–Kier alpha value is -3.74. The van der Waals surface area contributed by atoms with E-state index in [1.165, 1.54) is 5.56 Å². The highest BCUT2D eigenvalue weighted by molar-refractivity contribution is 7.15. The molecule has 0 radical (unpaired) electrons. The average Bonchev–Trinajstić information content (AvgIpc) is 3.33. The van der Waals surface area contributed by atoms with E-state index in [1.54, 1.807) is 18.3 Å². The standard InChI is InChI=1S/C32H32O5S/c1-4-35-28(32(34)36-5-2)20-23-11-17-27(18-12-23)37-21-30-22(3)19-29(38-30)24-13-15-26(16-14-24)31(33)25-9-7-6-8-10-25/h6-19,28H,4-5,20-21H2,1-3H3. The minimum absolute atomic E-state index is 0.0221. The summed E-state index contributed by atoms with van der Waals surface area (Å²) in [4.78, 5) is 27.1. The Balaban J connectivity index is 1.36. The van der Waals surface area contributed by atoms with Crippen molar-refractivity contribution in [1.82, 2.24) is 0 Å². The number of hydrogen-bond donors (Lipinski definition) is 0. The summed E-state index contributed by atoms with van der Waals surface area (Å²) in [5.41, 5.74) is 4.58.